The topological polar surface area (TPSA) is 0 Å². The summed E-state index contributed by atoms with van der Waals surface area (Å²) in [5.41, 5.74) is 2.17. The number of hydrogen-bond donors (Lipinski definition) is 0. The Morgan fingerprint density at radius 2 is 1.75 bits per heavy atom. The lowest BCUT2D eigenvalue weighted by molar-refractivity contribution is -0.00851. The van der Waals surface area contributed by atoms with Crippen molar-refractivity contribution in [3.8, 4) is 0 Å². The van der Waals surface area contributed by atoms with Crippen molar-refractivity contribution in [2.24, 2.45) is 39.9 Å². The van der Waals surface area contributed by atoms with Crippen LogP contribution in [0.4, 0.5) is 0 Å². The second kappa shape index (κ2) is 2.70. The van der Waals surface area contributed by atoms with E-state index in [4.69, 9.17) is 0 Å². The highest BCUT2D eigenvalue weighted by Crippen LogP contribution is 3.02. The van der Waals surface area contributed by atoms with Gasteiger partial charge in [0.25, 0.3) is 0 Å². The van der Waals surface area contributed by atoms with Gasteiger partial charge in [0.2, 0.25) is 0 Å². The molecule has 16 heavy (non-hydrogen) atoms. The Hall–Kier alpha value is 0. The highest BCUT2D eigenvalue weighted by atomic mass is 15.0. The van der Waals surface area contributed by atoms with Gasteiger partial charge in [0.05, 0.1) is 0 Å². The van der Waals surface area contributed by atoms with E-state index in [-0.39, 0.29) is 0 Å². The quantitative estimate of drug-likeness (QED) is 0.644. The van der Waals surface area contributed by atoms with E-state index in [9.17, 15) is 0 Å². The van der Waals surface area contributed by atoms with Gasteiger partial charge in [0.15, 0.2) is 0 Å². The molecule has 3 aliphatic rings. The van der Waals surface area contributed by atoms with Crippen LogP contribution in [0.25, 0.3) is 0 Å². The summed E-state index contributed by atoms with van der Waals surface area (Å²) in [6, 6.07) is 0. The summed E-state index contributed by atoms with van der Waals surface area (Å²) in [6.07, 6.45) is 4.36. The summed E-state index contributed by atoms with van der Waals surface area (Å²) < 4.78 is 0. The summed E-state index contributed by atoms with van der Waals surface area (Å²) in [6.45, 7) is 15.0. The predicted octanol–water partition coefficient (Wildman–Crippen LogP) is 4.74. The van der Waals surface area contributed by atoms with Crippen molar-refractivity contribution in [2.75, 3.05) is 0 Å². The van der Waals surface area contributed by atoms with Crippen LogP contribution in [0.3, 0.4) is 0 Å². The second-order valence-corrected chi connectivity index (χ2v) is 7.87. The molecule has 6 unspecified atom stereocenters. The maximum atomic E-state index is 2.59. The van der Waals surface area contributed by atoms with Crippen LogP contribution >= 0.6 is 0 Å². The minimum Gasteiger partial charge on any atom is -0.0654 e. The van der Waals surface area contributed by atoms with Gasteiger partial charge in [-0.2, -0.15) is 0 Å². The lowest BCUT2D eigenvalue weighted by atomic mass is 9.55. The first-order valence-electron chi connectivity index (χ1n) is 7.35. The van der Waals surface area contributed by atoms with Gasteiger partial charge >= 0.3 is 0 Å². The van der Waals surface area contributed by atoms with Gasteiger partial charge in [-0.25, -0.2) is 0 Å². The van der Waals surface area contributed by atoms with E-state index in [1.165, 1.54) is 19.3 Å². The van der Waals surface area contributed by atoms with Crippen molar-refractivity contribution in [3.05, 3.63) is 0 Å². The molecule has 0 aliphatic heterocycles. The molecule has 3 fully saturated rings. The highest BCUT2D eigenvalue weighted by Gasteiger charge is 2.98. The molecule has 0 nitrogen and oxygen atoms in total. The van der Waals surface area contributed by atoms with Crippen LogP contribution in [0.1, 0.15) is 60.8 Å². The first kappa shape index (κ1) is 11.1. The highest BCUT2D eigenvalue weighted by molar-refractivity contribution is 5.44. The van der Waals surface area contributed by atoms with Gasteiger partial charge < -0.3 is 0 Å². The van der Waals surface area contributed by atoms with E-state index in [0.29, 0.717) is 5.41 Å². The molecule has 92 valence electrons. The first-order valence-corrected chi connectivity index (χ1v) is 7.35. The van der Waals surface area contributed by atoms with Gasteiger partial charge in [-0.1, -0.05) is 48.0 Å². The van der Waals surface area contributed by atoms with Crippen molar-refractivity contribution in [3.63, 3.8) is 0 Å². The van der Waals surface area contributed by atoms with Gasteiger partial charge in [0.1, 0.15) is 0 Å². The third-order valence-corrected chi connectivity index (χ3v) is 7.17. The Morgan fingerprint density at radius 3 is 2.12 bits per heavy atom. The molecule has 3 aliphatic carbocycles. The van der Waals surface area contributed by atoms with E-state index < -0.39 is 0 Å². The minimum absolute atomic E-state index is 0.677. The fourth-order valence-corrected chi connectivity index (χ4v) is 6.58. The molecule has 0 aromatic heterocycles. The molecular weight excluding hydrogens is 192 g/mol. The molecule has 0 heterocycles. The molecule has 0 saturated heterocycles. The van der Waals surface area contributed by atoms with E-state index in [1.807, 2.05) is 0 Å². The Labute approximate surface area is 101 Å². The van der Waals surface area contributed by atoms with Crippen molar-refractivity contribution < 1.29 is 0 Å². The summed E-state index contributed by atoms with van der Waals surface area (Å²) in [5, 5.41) is 0. The van der Waals surface area contributed by atoms with E-state index in [0.717, 1.165) is 34.5 Å². The van der Waals surface area contributed by atoms with Crippen LogP contribution in [-0.4, -0.2) is 0 Å². The Balaban J connectivity index is 1.83. The van der Waals surface area contributed by atoms with Gasteiger partial charge in [-0.3, -0.25) is 0 Å². The van der Waals surface area contributed by atoms with Crippen LogP contribution in [0.2, 0.25) is 0 Å². The van der Waals surface area contributed by atoms with Crippen LogP contribution in [0, 0.1) is 39.9 Å². The summed E-state index contributed by atoms with van der Waals surface area (Å²) in [4.78, 5) is 0. The predicted molar refractivity (Wildman–Crippen MR) is 69.2 cm³/mol. The molecule has 0 N–H and O–H groups in total. The monoisotopic (exact) mass is 220 g/mol. The molecular formula is C16H28. The number of fused-ring (bicyclic) bond motifs is 1. The van der Waals surface area contributed by atoms with Crippen LogP contribution < -0.4 is 0 Å². The molecule has 0 amide bonds. The average molecular weight is 220 g/mol. The molecule has 0 radical (unpaired) electrons. The van der Waals surface area contributed by atoms with E-state index >= 15 is 0 Å². The normalized spacial score (nSPS) is 61.1. The molecule has 0 aromatic rings. The van der Waals surface area contributed by atoms with Crippen LogP contribution in [0.15, 0.2) is 0 Å². The fourth-order valence-electron chi connectivity index (χ4n) is 6.58. The Bertz CT molecular complexity index is 329. The van der Waals surface area contributed by atoms with Crippen LogP contribution in [-0.2, 0) is 0 Å². The minimum atomic E-state index is 0.677. The van der Waals surface area contributed by atoms with Crippen molar-refractivity contribution in [2.45, 2.75) is 60.8 Å². The van der Waals surface area contributed by atoms with Gasteiger partial charge in [-0.15, -0.1) is 0 Å². The zero-order chi connectivity index (χ0) is 11.9. The lowest BCUT2D eigenvalue weighted by Gasteiger charge is -2.49. The Morgan fingerprint density at radius 1 is 1.12 bits per heavy atom. The molecule has 0 aromatic carbocycles. The van der Waals surface area contributed by atoms with E-state index in [2.05, 4.69) is 41.5 Å². The smallest absolute Gasteiger partial charge is 0.0116 e. The van der Waals surface area contributed by atoms with Gasteiger partial charge in [-0.05, 0) is 52.8 Å². The average Bonchev–Trinajstić information content (AvgIpc) is 2.97. The number of hydrogen-bond acceptors (Lipinski definition) is 0. The fraction of sp³-hybridized carbons (Fsp3) is 1.00. The molecule has 3 rings (SSSR count). The summed E-state index contributed by atoms with van der Waals surface area (Å²) in [5.74, 6) is 4.09. The third-order valence-electron chi connectivity index (χ3n) is 7.17. The zero-order valence-corrected chi connectivity index (χ0v) is 11.9. The maximum Gasteiger partial charge on any atom is -0.0116 e. The maximum absolute atomic E-state index is 2.59. The molecule has 0 bridgehead atoms. The SMILES string of the molecule is CCCC1(C)C2C(C)(C)C21C1CC(C)C1C. The van der Waals surface area contributed by atoms with E-state index in [1.54, 1.807) is 0 Å². The lowest BCUT2D eigenvalue weighted by Crippen LogP contribution is -2.43. The first-order chi connectivity index (χ1) is 7.35. The second-order valence-electron chi connectivity index (χ2n) is 7.87. The van der Waals surface area contributed by atoms with Crippen molar-refractivity contribution in [1.82, 2.24) is 0 Å². The summed E-state index contributed by atoms with van der Waals surface area (Å²) in [7, 11) is 0. The molecule has 0 heteroatoms. The number of rotatable bonds is 3. The largest absolute Gasteiger partial charge is 0.0654 e. The van der Waals surface area contributed by atoms with Gasteiger partial charge in [0, 0.05) is 0 Å². The van der Waals surface area contributed by atoms with Crippen molar-refractivity contribution >= 4 is 0 Å². The molecule has 0 spiro atoms. The van der Waals surface area contributed by atoms with Crippen LogP contribution in [0.5, 0.6) is 0 Å². The molecule has 6 atom stereocenters. The third kappa shape index (κ3) is 0.811. The standard InChI is InChI=1S/C16H28/c1-7-8-15(6)13-14(4,5)16(13,15)12-9-10(2)11(12)3/h10-13H,7-9H2,1-6H3. The van der Waals surface area contributed by atoms with Crippen molar-refractivity contribution in [1.29, 1.82) is 0 Å². The molecule has 3 saturated carbocycles. The summed E-state index contributed by atoms with van der Waals surface area (Å²) >= 11 is 0. The Kier molecular flexibility index (Phi) is 1.87. The zero-order valence-electron chi connectivity index (χ0n) is 11.9.